The molecule has 3 aromatic carbocycles. The van der Waals surface area contributed by atoms with Crippen LogP contribution in [0.4, 0.5) is 0 Å². The smallest absolute Gasteiger partial charge is 0.223 e. The number of halogens is 3. The Bertz CT molecular complexity index is 1280. The summed E-state index contributed by atoms with van der Waals surface area (Å²) in [5.74, 6) is 1.29. The average molecular weight is 638 g/mol. The quantitative estimate of drug-likeness (QED) is 0.204. The van der Waals surface area contributed by atoms with Crippen molar-refractivity contribution in [1.29, 1.82) is 0 Å². The minimum absolute atomic E-state index is 0. The van der Waals surface area contributed by atoms with Crippen molar-refractivity contribution in [1.82, 2.24) is 9.80 Å². The molecule has 1 heterocycles. The van der Waals surface area contributed by atoms with E-state index in [0.717, 1.165) is 60.7 Å². The van der Waals surface area contributed by atoms with Gasteiger partial charge in [-0.1, -0.05) is 65.7 Å². The molecule has 0 aromatic heterocycles. The van der Waals surface area contributed by atoms with E-state index in [1.165, 1.54) is 5.56 Å². The Morgan fingerprint density at radius 3 is 2.44 bits per heavy atom. The molecule has 0 bridgehead atoms. The number of carbonyl (C=O) groups is 1. The van der Waals surface area contributed by atoms with Crippen LogP contribution in [0.2, 0.25) is 10.0 Å². The summed E-state index contributed by atoms with van der Waals surface area (Å²) in [4.78, 5) is 18.6. The standard InChI is InChI=1S/C32H38Cl2N2O3S.ClH/c1-35(22-26-8-4-6-10-30(26)39-2)32(37)21-25(24-12-13-28(33)29(34)20-24)16-19-36-17-14-23(15-18-36)27-9-5-7-11-31(27)40(3)38;/h4-13,20,23,25H,14-19,21-22H2,1-3H3;1H. The number of piperidine rings is 1. The van der Waals surface area contributed by atoms with Crippen LogP contribution >= 0.6 is 35.6 Å². The lowest BCUT2D eigenvalue weighted by atomic mass is 9.88. The third-order valence-corrected chi connectivity index (χ3v) is 9.64. The van der Waals surface area contributed by atoms with Gasteiger partial charge in [0.1, 0.15) is 12.0 Å². The third-order valence-electron chi connectivity index (χ3n) is 7.91. The number of rotatable bonds is 11. The number of benzene rings is 3. The van der Waals surface area contributed by atoms with E-state index in [0.29, 0.717) is 28.9 Å². The number of ether oxygens (including phenoxy) is 1. The number of methoxy groups -OCH3 is 1. The summed E-state index contributed by atoms with van der Waals surface area (Å²) in [6, 6.07) is 21.6. The lowest BCUT2D eigenvalue weighted by Crippen LogP contribution is -2.35. The molecular formula is C32H39Cl3N2O3S. The third kappa shape index (κ3) is 9.03. The van der Waals surface area contributed by atoms with Gasteiger partial charge in [0.05, 0.1) is 17.2 Å². The van der Waals surface area contributed by atoms with Crippen molar-refractivity contribution in [2.45, 2.75) is 49.0 Å². The Morgan fingerprint density at radius 1 is 1.07 bits per heavy atom. The van der Waals surface area contributed by atoms with E-state index in [9.17, 15) is 9.35 Å². The number of amides is 1. The van der Waals surface area contributed by atoms with E-state index >= 15 is 0 Å². The van der Waals surface area contributed by atoms with Gasteiger partial charge >= 0.3 is 0 Å². The van der Waals surface area contributed by atoms with E-state index in [-0.39, 0.29) is 24.2 Å². The van der Waals surface area contributed by atoms with Crippen LogP contribution in [0.25, 0.3) is 0 Å². The van der Waals surface area contributed by atoms with Crippen LogP contribution in [0.5, 0.6) is 5.75 Å². The highest BCUT2D eigenvalue weighted by atomic mass is 35.5. The van der Waals surface area contributed by atoms with Crippen molar-refractivity contribution in [2.24, 2.45) is 0 Å². The molecule has 9 heteroatoms. The normalized spacial score (nSPS) is 15.6. The van der Waals surface area contributed by atoms with Crippen LogP contribution < -0.4 is 4.74 Å². The maximum Gasteiger partial charge on any atom is 0.223 e. The Morgan fingerprint density at radius 2 is 1.76 bits per heavy atom. The van der Waals surface area contributed by atoms with Gasteiger partial charge in [0.15, 0.2) is 4.90 Å². The largest absolute Gasteiger partial charge is 0.612 e. The molecule has 41 heavy (non-hydrogen) atoms. The van der Waals surface area contributed by atoms with Gasteiger partial charge in [-0.15, -0.1) is 12.4 Å². The summed E-state index contributed by atoms with van der Waals surface area (Å²) in [5.41, 5.74) is 3.23. The van der Waals surface area contributed by atoms with Crippen molar-refractivity contribution < 1.29 is 14.1 Å². The molecule has 0 radical (unpaired) electrons. The maximum atomic E-state index is 13.4. The number of likely N-dealkylation sites (tertiary alicyclic amines) is 1. The van der Waals surface area contributed by atoms with E-state index in [1.807, 2.05) is 67.7 Å². The SMILES string of the molecule is COc1ccccc1CN(C)C(=O)CC(CCN1CCC(c2ccccc2[S+](C)[O-])CC1)c1ccc(Cl)c(Cl)c1.Cl. The fourth-order valence-corrected chi connectivity index (χ4v) is 6.73. The maximum absolute atomic E-state index is 13.4. The van der Waals surface area contributed by atoms with Gasteiger partial charge in [-0.3, -0.25) is 4.79 Å². The van der Waals surface area contributed by atoms with Crippen molar-refractivity contribution in [3.8, 4) is 5.75 Å². The predicted octanol–water partition coefficient (Wildman–Crippen LogP) is 7.56. The molecule has 3 aromatic rings. The first-order valence-electron chi connectivity index (χ1n) is 13.7. The molecule has 0 aliphatic carbocycles. The second-order valence-electron chi connectivity index (χ2n) is 10.5. The lowest BCUT2D eigenvalue weighted by Gasteiger charge is -2.33. The van der Waals surface area contributed by atoms with Crippen molar-refractivity contribution in [3.63, 3.8) is 0 Å². The van der Waals surface area contributed by atoms with Gasteiger partial charge in [-0.2, -0.15) is 0 Å². The van der Waals surface area contributed by atoms with Crippen LogP contribution in [0.15, 0.2) is 71.6 Å². The number of hydrogen-bond donors (Lipinski definition) is 0. The molecule has 1 saturated heterocycles. The fourth-order valence-electron chi connectivity index (χ4n) is 5.58. The van der Waals surface area contributed by atoms with E-state index in [2.05, 4.69) is 11.0 Å². The Labute approximate surface area is 263 Å². The van der Waals surface area contributed by atoms with Gasteiger partial charge in [0, 0.05) is 31.1 Å². The van der Waals surface area contributed by atoms with Crippen molar-refractivity contribution in [3.05, 3.63) is 93.5 Å². The summed E-state index contributed by atoms with van der Waals surface area (Å²) in [6.45, 7) is 3.33. The van der Waals surface area contributed by atoms with Gasteiger partial charge in [0.2, 0.25) is 5.91 Å². The van der Waals surface area contributed by atoms with Crippen LogP contribution in [0.1, 0.15) is 54.2 Å². The molecule has 1 amide bonds. The second-order valence-corrected chi connectivity index (χ2v) is 12.7. The molecule has 0 saturated carbocycles. The van der Waals surface area contributed by atoms with E-state index < -0.39 is 11.2 Å². The molecule has 0 N–H and O–H groups in total. The zero-order valence-electron chi connectivity index (χ0n) is 23.9. The molecular weight excluding hydrogens is 599 g/mol. The number of hydrogen-bond acceptors (Lipinski definition) is 4. The van der Waals surface area contributed by atoms with Gasteiger partial charge < -0.3 is 19.1 Å². The lowest BCUT2D eigenvalue weighted by molar-refractivity contribution is -0.130. The van der Waals surface area contributed by atoms with E-state index in [1.54, 1.807) is 18.3 Å². The van der Waals surface area contributed by atoms with Crippen LogP contribution in [-0.4, -0.2) is 60.3 Å². The van der Waals surface area contributed by atoms with Crippen molar-refractivity contribution >= 4 is 52.7 Å². The van der Waals surface area contributed by atoms with Crippen LogP contribution in [0.3, 0.4) is 0 Å². The highest BCUT2D eigenvalue weighted by Crippen LogP contribution is 2.34. The first-order chi connectivity index (χ1) is 19.3. The Hall–Kier alpha value is -1.93. The van der Waals surface area contributed by atoms with Crippen molar-refractivity contribution in [2.75, 3.05) is 40.0 Å². The molecule has 4 rings (SSSR count). The zero-order chi connectivity index (χ0) is 28.6. The highest BCUT2D eigenvalue weighted by Gasteiger charge is 2.27. The zero-order valence-corrected chi connectivity index (χ0v) is 27.0. The minimum Gasteiger partial charge on any atom is -0.612 e. The topological polar surface area (TPSA) is 55.8 Å². The van der Waals surface area contributed by atoms with Gasteiger partial charge in [-0.25, -0.2) is 0 Å². The van der Waals surface area contributed by atoms with Crippen LogP contribution in [-0.2, 0) is 22.5 Å². The summed E-state index contributed by atoms with van der Waals surface area (Å²) in [7, 11) is 3.49. The molecule has 2 unspecified atom stereocenters. The summed E-state index contributed by atoms with van der Waals surface area (Å²) in [5, 5.41) is 1.02. The monoisotopic (exact) mass is 636 g/mol. The minimum atomic E-state index is -0.987. The van der Waals surface area contributed by atoms with E-state index in [4.69, 9.17) is 27.9 Å². The fraction of sp³-hybridized carbons (Fsp3) is 0.406. The second kappa shape index (κ2) is 16.1. The Balaban J connectivity index is 0.00000462. The summed E-state index contributed by atoms with van der Waals surface area (Å²) < 4.78 is 17.7. The highest BCUT2D eigenvalue weighted by molar-refractivity contribution is 7.90. The molecule has 1 aliphatic rings. The van der Waals surface area contributed by atoms with Gasteiger partial charge in [-0.05, 0) is 91.7 Å². The molecule has 222 valence electrons. The summed E-state index contributed by atoms with van der Waals surface area (Å²) in [6.07, 6.45) is 5.05. The molecule has 1 aliphatic heterocycles. The van der Waals surface area contributed by atoms with Gasteiger partial charge in [0.25, 0.3) is 0 Å². The first kappa shape index (κ1) is 33.6. The first-order valence-corrected chi connectivity index (χ1v) is 16.0. The number of carbonyl (C=O) groups excluding carboxylic acids is 1. The number of para-hydroxylation sites is 1. The molecule has 5 nitrogen and oxygen atoms in total. The number of nitrogens with zero attached hydrogens (tertiary/aromatic N) is 2. The molecule has 0 spiro atoms. The average Bonchev–Trinajstić information content (AvgIpc) is 2.97. The summed E-state index contributed by atoms with van der Waals surface area (Å²) >= 11 is 11.6. The molecule has 1 fully saturated rings. The predicted molar refractivity (Wildman–Crippen MR) is 172 cm³/mol. The Kier molecular flexibility index (Phi) is 13.2. The molecule has 2 atom stereocenters. The van der Waals surface area contributed by atoms with Crippen LogP contribution in [0, 0.1) is 0 Å².